The molecule has 2 aromatic rings. The molecule has 0 fully saturated rings. The van der Waals surface area contributed by atoms with Crippen molar-refractivity contribution < 1.29 is 4.79 Å². The maximum Gasteiger partial charge on any atom is 0.272 e. The van der Waals surface area contributed by atoms with Crippen molar-refractivity contribution >= 4 is 27.5 Å². The Morgan fingerprint density at radius 3 is 2.35 bits per heavy atom. The van der Waals surface area contributed by atoms with Crippen LogP contribution < -0.4 is 5.43 Å². The first-order valence-corrected chi connectivity index (χ1v) is 8.13. The predicted octanol–water partition coefficient (Wildman–Crippen LogP) is 4.30. The van der Waals surface area contributed by atoms with E-state index in [1.165, 1.54) is 11.8 Å². The van der Waals surface area contributed by atoms with Gasteiger partial charge in [-0.05, 0) is 45.5 Å². The van der Waals surface area contributed by atoms with Gasteiger partial charge in [0.05, 0.1) is 11.3 Å². The van der Waals surface area contributed by atoms with Crippen molar-refractivity contribution in [1.82, 2.24) is 10.4 Å². The molecule has 1 heterocycles. The highest BCUT2D eigenvalue weighted by Crippen LogP contribution is 2.22. The molecule has 5 heteroatoms. The van der Waals surface area contributed by atoms with Gasteiger partial charge in [0.1, 0.15) is 0 Å². The number of nitrogens with one attached hydrogen (secondary N) is 1. The Morgan fingerprint density at radius 2 is 1.78 bits per heavy atom. The molecule has 23 heavy (non-hydrogen) atoms. The van der Waals surface area contributed by atoms with E-state index in [0.717, 1.165) is 15.7 Å². The minimum atomic E-state index is -0.288. The number of carbonyl (C=O) groups excluding carboxylic acids is 1. The van der Waals surface area contributed by atoms with Crippen molar-refractivity contribution in [2.75, 3.05) is 0 Å². The molecule has 0 radical (unpaired) electrons. The quantitative estimate of drug-likeness (QED) is 0.644. The van der Waals surface area contributed by atoms with Crippen LogP contribution in [-0.4, -0.2) is 16.6 Å². The van der Waals surface area contributed by atoms with Crippen LogP contribution in [0.25, 0.3) is 0 Å². The summed E-state index contributed by atoms with van der Waals surface area (Å²) in [5.41, 5.74) is 6.12. The van der Waals surface area contributed by atoms with Gasteiger partial charge >= 0.3 is 0 Å². The van der Waals surface area contributed by atoms with E-state index in [1.807, 2.05) is 19.1 Å². The van der Waals surface area contributed by atoms with Crippen molar-refractivity contribution in [3.63, 3.8) is 0 Å². The van der Waals surface area contributed by atoms with E-state index < -0.39 is 0 Å². The zero-order valence-corrected chi connectivity index (χ0v) is 15.3. The summed E-state index contributed by atoms with van der Waals surface area (Å²) in [7, 11) is 0. The lowest BCUT2D eigenvalue weighted by Gasteiger charge is -2.19. The summed E-state index contributed by atoms with van der Waals surface area (Å²) in [6.07, 6.45) is 3.13. The number of rotatable bonds is 3. The molecule has 1 aromatic heterocycles. The molecule has 4 nitrogen and oxygen atoms in total. The molecule has 0 saturated carbocycles. The zero-order chi connectivity index (χ0) is 17.0. The normalized spacial score (nSPS) is 12.1. The smallest absolute Gasteiger partial charge is 0.267 e. The Kier molecular flexibility index (Phi) is 5.31. The summed E-state index contributed by atoms with van der Waals surface area (Å²) in [6.45, 7) is 8.39. The summed E-state index contributed by atoms with van der Waals surface area (Å²) >= 11 is 3.29. The number of benzene rings is 1. The van der Waals surface area contributed by atoms with Gasteiger partial charge in [0, 0.05) is 16.9 Å². The number of pyridine rings is 1. The maximum absolute atomic E-state index is 12.0. The Hall–Kier alpha value is -2.01. The molecule has 1 N–H and O–H groups in total. The lowest BCUT2D eigenvalue weighted by Crippen LogP contribution is -2.19. The van der Waals surface area contributed by atoms with Crippen molar-refractivity contribution in [2.24, 2.45) is 5.10 Å². The fraction of sp³-hybridized carbons (Fsp3) is 0.278. The minimum absolute atomic E-state index is 0.117. The van der Waals surface area contributed by atoms with Crippen LogP contribution in [0.5, 0.6) is 0 Å². The topological polar surface area (TPSA) is 54.4 Å². The second kappa shape index (κ2) is 7.04. The second-order valence-electron chi connectivity index (χ2n) is 6.36. The summed E-state index contributed by atoms with van der Waals surface area (Å²) in [5.74, 6) is -0.288. The molecule has 2 rings (SSSR count). The number of nitrogens with zero attached hydrogens (tertiary/aromatic N) is 2. The van der Waals surface area contributed by atoms with E-state index >= 15 is 0 Å². The van der Waals surface area contributed by atoms with Gasteiger partial charge in [-0.2, -0.15) is 5.10 Å². The molecule has 0 aliphatic carbocycles. The number of halogens is 1. The van der Waals surface area contributed by atoms with Crippen LogP contribution in [0, 0.1) is 0 Å². The van der Waals surface area contributed by atoms with Crippen LogP contribution in [-0.2, 0) is 5.41 Å². The average Bonchev–Trinajstić information content (AvgIpc) is 2.51. The molecular formula is C18H20BrN3O. The highest BCUT2D eigenvalue weighted by atomic mass is 79.9. The Morgan fingerprint density at radius 1 is 1.13 bits per heavy atom. The fourth-order valence-corrected chi connectivity index (χ4v) is 2.38. The Balaban J connectivity index is 2.09. The number of hydrazone groups is 1. The van der Waals surface area contributed by atoms with Gasteiger partial charge in [-0.25, -0.2) is 5.43 Å². The van der Waals surface area contributed by atoms with E-state index in [4.69, 9.17) is 0 Å². The number of hydrogen-bond acceptors (Lipinski definition) is 3. The molecule has 0 unspecified atom stereocenters. The summed E-state index contributed by atoms with van der Waals surface area (Å²) in [6, 6.07) is 9.92. The summed E-state index contributed by atoms with van der Waals surface area (Å²) in [4.78, 5) is 16.0. The van der Waals surface area contributed by atoms with Gasteiger partial charge in [-0.1, -0.05) is 45.0 Å². The molecule has 1 aromatic carbocycles. The second-order valence-corrected chi connectivity index (χ2v) is 7.27. The first-order chi connectivity index (χ1) is 10.8. The predicted molar refractivity (Wildman–Crippen MR) is 96.8 cm³/mol. The fourth-order valence-electron chi connectivity index (χ4n) is 2.01. The highest BCUT2D eigenvalue weighted by molar-refractivity contribution is 9.10. The number of hydrogen-bond donors (Lipinski definition) is 1. The van der Waals surface area contributed by atoms with Gasteiger partial charge < -0.3 is 0 Å². The molecular weight excluding hydrogens is 354 g/mol. The van der Waals surface area contributed by atoms with E-state index in [2.05, 4.69) is 64.3 Å². The van der Waals surface area contributed by atoms with Gasteiger partial charge in [-0.15, -0.1) is 0 Å². The van der Waals surface area contributed by atoms with Crippen LogP contribution in [0.4, 0.5) is 0 Å². The lowest BCUT2D eigenvalue weighted by molar-refractivity contribution is 0.0954. The molecule has 1 amide bonds. The van der Waals surface area contributed by atoms with E-state index in [9.17, 15) is 4.79 Å². The van der Waals surface area contributed by atoms with Crippen LogP contribution in [0.3, 0.4) is 0 Å². The van der Waals surface area contributed by atoms with Crippen LogP contribution in [0.1, 0.15) is 49.2 Å². The maximum atomic E-state index is 12.0. The first-order valence-electron chi connectivity index (χ1n) is 7.33. The number of amides is 1. The summed E-state index contributed by atoms with van der Waals surface area (Å²) in [5, 5.41) is 4.17. The van der Waals surface area contributed by atoms with E-state index in [-0.39, 0.29) is 11.3 Å². The van der Waals surface area contributed by atoms with E-state index in [1.54, 1.807) is 12.3 Å². The van der Waals surface area contributed by atoms with Gasteiger partial charge in [0.2, 0.25) is 0 Å². The molecule has 0 saturated heterocycles. The minimum Gasteiger partial charge on any atom is -0.267 e. The lowest BCUT2D eigenvalue weighted by atomic mass is 9.86. The monoisotopic (exact) mass is 373 g/mol. The average molecular weight is 374 g/mol. The van der Waals surface area contributed by atoms with Crippen LogP contribution in [0.2, 0.25) is 0 Å². The van der Waals surface area contributed by atoms with Crippen LogP contribution in [0.15, 0.2) is 52.3 Å². The van der Waals surface area contributed by atoms with Crippen molar-refractivity contribution in [1.29, 1.82) is 0 Å². The summed E-state index contributed by atoms with van der Waals surface area (Å²) < 4.78 is 0.753. The van der Waals surface area contributed by atoms with Gasteiger partial charge in [0.15, 0.2) is 0 Å². The molecule has 0 atom stereocenters. The molecule has 120 valence electrons. The molecule has 0 spiro atoms. The molecule has 0 aliphatic rings. The Bertz CT molecular complexity index is 731. The third-order valence-corrected chi connectivity index (χ3v) is 3.89. The zero-order valence-electron chi connectivity index (χ0n) is 13.7. The number of aromatic nitrogens is 1. The molecule has 0 aliphatic heterocycles. The third-order valence-electron chi connectivity index (χ3n) is 3.46. The molecule has 0 bridgehead atoms. The number of carbonyl (C=O) groups is 1. The SMILES string of the molecule is C/C(=N/NC(=O)c1cncc(Br)c1)c1ccc(C(C)(C)C)cc1. The first kappa shape index (κ1) is 17.3. The van der Waals surface area contributed by atoms with Gasteiger partial charge in [0.25, 0.3) is 5.91 Å². The Labute approximate surface area is 145 Å². The van der Waals surface area contributed by atoms with Crippen molar-refractivity contribution in [2.45, 2.75) is 33.1 Å². The van der Waals surface area contributed by atoms with Crippen LogP contribution >= 0.6 is 15.9 Å². The third kappa shape index (κ3) is 4.73. The van der Waals surface area contributed by atoms with Gasteiger partial charge in [-0.3, -0.25) is 9.78 Å². The van der Waals surface area contributed by atoms with E-state index in [0.29, 0.717) is 5.56 Å². The highest BCUT2D eigenvalue weighted by Gasteiger charge is 2.13. The van der Waals surface area contributed by atoms with Crippen molar-refractivity contribution in [3.05, 3.63) is 63.9 Å². The standard InChI is InChI=1S/C18H20BrN3O/c1-12(13-5-7-15(8-6-13)18(2,3)4)21-22-17(23)14-9-16(19)11-20-10-14/h5-11H,1-4H3,(H,22,23)/b21-12-. The van der Waals surface area contributed by atoms with Crippen molar-refractivity contribution in [3.8, 4) is 0 Å². The largest absolute Gasteiger partial charge is 0.272 e.